The summed E-state index contributed by atoms with van der Waals surface area (Å²) in [7, 11) is 0. The molecule has 0 bridgehead atoms. The van der Waals surface area contributed by atoms with Crippen LogP contribution in [0.5, 0.6) is 0 Å². The van der Waals surface area contributed by atoms with E-state index < -0.39 is 5.82 Å². The molecule has 0 radical (unpaired) electrons. The minimum Gasteiger partial charge on any atom is -0.285 e. The maximum absolute atomic E-state index is 13.7. The van der Waals surface area contributed by atoms with E-state index in [0.717, 1.165) is 27.4 Å². The maximum Gasteiger partial charge on any atom is 0.255 e. The number of aromatic amines is 1. The van der Waals surface area contributed by atoms with Gasteiger partial charge in [-0.1, -0.05) is 17.7 Å². The number of fused-ring (bicyclic) bond motifs is 3. The minimum atomic E-state index is -0.535. The van der Waals surface area contributed by atoms with Gasteiger partial charge in [0.2, 0.25) is 0 Å². The molecule has 5 nitrogen and oxygen atoms in total. The highest BCUT2D eigenvalue weighted by molar-refractivity contribution is 6.30. The summed E-state index contributed by atoms with van der Waals surface area (Å²) < 4.78 is 15.2. The van der Waals surface area contributed by atoms with Crippen LogP contribution in [-0.4, -0.2) is 19.7 Å². The molecule has 7 heteroatoms. The van der Waals surface area contributed by atoms with Crippen LogP contribution in [0.2, 0.25) is 5.02 Å². The number of hydrogen-bond donors (Lipinski definition) is 1. The first-order chi connectivity index (χ1) is 13.6. The van der Waals surface area contributed by atoms with E-state index in [1.165, 1.54) is 28.8 Å². The number of rotatable bonds is 2. The second-order valence-electron chi connectivity index (χ2n) is 6.39. The summed E-state index contributed by atoms with van der Waals surface area (Å²) in [5, 5.41) is 8.34. The number of H-pyrrole nitrogens is 1. The predicted molar refractivity (Wildman–Crippen MR) is 107 cm³/mol. The smallest absolute Gasteiger partial charge is 0.255 e. The van der Waals surface area contributed by atoms with Crippen molar-refractivity contribution in [2.24, 2.45) is 0 Å². The van der Waals surface area contributed by atoms with Gasteiger partial charge in [0.1, 0.15) is 5.82 Å². The van der Waals surface area contributed by atoms with Crippen molar-refractivity contribution in [3.05, 3.63) is 88.3 Å². The van der Waals surface area contributed by atoms with Crippen molar-refractivity contribution in [1.82, 2.24) is 19.7 Å². The van der Waals surface area contributed by atoms with E-state index in [-0.39, 0.29) is 10.6 Å². The first-order valence-electron chi connectivity index (χ1n) is 8.51. The summed E-state index contributed by atoms with van der Waals surface area (Å²) in [5.41, 5.74) is 3.54. The second kappa shape index (κ2) is 6.28. The highest BCUT2D eigenvalue weighted by Gasteiger charge is 2.13. The van der Waals surface area contributed by atoms with Crippen LogP contribution in [-0.2, 0) is 0 Å². The molecule has 3 aromatic heterocycles. The van der Waals surface area contributed by atoms with Gasteiger partial charge in [0, 0.05) is 34.8 Å². The number of nitrogens with zero attached hydrogens (tertiary/aromatic N) is 3. The van der Waals surface area contributed by atoms with Crippen molar-refractivity contribution >= 4 is 33.4 Å². The Bertz CT molecular complexity index is 1410. The topological polar surface area (TPSA) is 63.6 Å². The molecule has 3 heterocycles. The van der Waals surface area contributed by atoms with Crippen LogP contribution in [0.1, 0.15) is 0 Å². The zero-order valence-electron chi connectivity index (χ0n) is 14.4. The number of aromatic nitrogens is 4. The van der Waals surface area contributed by atoms with Gasteiger partial charge in [0.05, 0.1) is 27.9 Å². The summed E-state index contributed by atoms with van der Waals surface area (Å²) in [6.45, 7) is 0. The number of pyridine rings is 2. The van der Waals surface area contributed by atoms with E-state index in [9.17, 15) is 9.18 Å². The lowest BCUT2D eigenvalue weighted by atomic mass is 10.0. The quantitative estimate of drug-likeness (QED) is 0.443. The molecule has 0 amide bonds. The van der Waals surface area contributed by atoms with E-state index in [1.807, 2.05) is 18.2 Å². The zero-order valence-corrected chi connectivity index (χ0v) is 15.1. The average molecular weight is 391 g/mol. The monoisotopic (exact) mass is 390 g/mol. The van der Waals surface area contributed by atoms with Crippen molar-refractivity contribution in [2.45, 2.75) is 0 Å². The fourth-order valence-corrected chi connectivity index (χ4v) is 3.55. The van der Waals surface area contributed by atoms with Crippen molar-refractivity contribution in [3.63, 3.8) is 0 Å². The van der Waals surface area contributed by atoms with Crippen molar-refractivity contribution in [2.75, 3.05) is 0 Å². The van der Waals surface area contributed by atoms with Gasteiger partial charge >= 0.3 is 0 Å². The van der Waals surface area contributed by atoms with Gasteiger partial charge < -0.3 is 0 Å². The number of halogens is 2. The Kier molecular flexibility index (Phi) is 3.74. The Morgan fingerprint density at radius 3 is 2.68 bits per heavy atom. The summed E-state index contributed by atoms with van der Waals surface area (Å²) >= 11 is 5.97. The van der Waals surface area contributed by atoms with E-state index in [4.69, 9.17) is 11.6 Å². The molecule has 28 heavy (non-hydrogen) atoms. The standard InChI is InChI=1S/C21H12ClFN4O/c22-17-8-15(3-4-18(17)23)27-20(28)6-2-13-9-24-19-5-1-12(7-16(19)21(13)27)14-10-25-26-11-14/h1-11H,(H,25,26). The summed E-state index contributed by atoms with van der Waals surface area (Å²) in [5.74, 6) is -0.535. The molecule has 0 aliphatic heterocycles. The lowest BCUT2D eigenvalue weighted by molar-refractivity contribution is 0.628. The Morgan fingerprint density at radius 2 is 1.89 bits per heavy atom. The van der Waals surface area contributed by atoms with Crippen LogP contribution in [0.3, 0.4) is 0 Å². The fourth-order valence-electron chi connectivity index (χ4n) is 3.38. The van der Waals surface area contributed by atoms with Gasteiger partial charge in [0.15, 0.2) is 0 Å². The molecule has 1 N–H and O–H groups in total. The van der Waals surface area contributed by atoms with E-state index in [0.29, 0.717) is 11.2 Å². The van der Waals surface area contributed by atoms with Crippen molar-refractivity contribution in [1.29, 1.82) is 0 Å². The Balaban J connectivity index is 1.91. The van der Waals surface area contributed by atoms with Crippen LogP contribution in [0, 0.1) is 5.82 Å². The lowest BCUT2D eigenvalue weighted by Crippen LogP contribution is -2.17. The third-order valence-corrected chi connectivity index (χ3v) is 5.00. The minimum absolute atomic E-state index is 0.0427. The average Bonchev–Trinajstić information content (AvgIpc) is 3.24. The van der Waals surface area contributed by atoms with Gasteiger partial charge in [-0.3, -0.25) is 19.4 Å². The molecule has 0 spiro atoms. The number of benzene rings is 2. The normalized spacial score (nSPS) is 11.4. The first kappa shape index (κ1) is 16.6. The lowest BCUT2D eigenvalue weighted by Gasteiger charge is -2.13. The van der Waals surface area contributed by atoms with Gasteiger partial charge in [0.25, 0.3) is 5.56 Å². The van der Waals surface area contributed by atoms with Gasteiger partial charge in [-0.2, -0.15) is 5.10 Å². The van der Waals surface area contributed by atoms with E-state index >= 15 is 0 Å². The molecule has 0 unspecified atom stereocenters. The van der Waals surface area contributed by atoms with Gasteiger partial charge in [-0.15, -0.1) is 0 Å². The Labute approximate surface area is 163 Å². The molecule has 5 aromatic rings. The molecule has 0 aliphatic carbocycles. The van der Waals surface area contributed by atoms with E-state index in [1.54, 1.807) is 24.7 Å². The SMILES string of the molecule is O=c1ccc2cnc3ccc(-c4cn[nH]c4)cc3c2n1-c1ccc(F)c(Cl)c1. The summed E-state index contributed by atoms with van der Waals surface area (Å²) in [6, 6.07) is 13.3. The zero-order chi connectivity index (χ0) is 19.3. The van der Waals surface area contributed by atoms with Gasteiger partial charge in [-0.25, -0.2) is 4.39 Å². The predicted octanol–water partition coefficient (Wildman–Crippen LogP) is 4.72. The Hall–Kier alpha value is -3.51. The van der Waals surface area contributed by atoms with Gasteiger partial charge in [-0.05, 0) is 42.0 Å². The highest BCUT2D eigenvalue weighted by Crippen LogP contribution is 2.29. The van der Waals surface area contributed by atoms with Crippen molar-refractivity contribution < 1.29 is 4.39 Å². The van der Waals surface area contributed by atoms with Crippen LogP contribution < -0.4 is 5.56 Å². The molecule has 0 saturated heterocycles. The Morgan fingerprint density at radius 1 is 1.00 bits per heavy atom. The number of hydrogen-bond acceptors (Lipinski definition) is 3. The summed E-state index contributed by atoms with van der Waals surface area (Å²) in [6.07, 6.45) is 5.25. The largest absolute Gasteiger partial charge is 0.285 e. The molecular formula is C21H12ClFN4O. The molecular weight excluding hydrogens is 379 g/mol. The number of nitrogens with one attached hydrogen (secondary N) is 1. The molecule has 5 rings (SSSR count). The molecule has 0 saturated carbocycles. The maximum atomic E-state index is 13.7. The fraction of sp³-hybridized carbons (Fsp3) is 0. The second-order valence-corrected chi connectivity index (χ2v) is 6.79. The van der Waals surface area contributed by atoms with Crippen molar-refractivity contribution in [3.8, 4) is 16.8 Å². The van der Waals surface area contributed by atoms with Crippen LogP contribution in [0.25, 0.3) is 38.6 Å². The molecule has 0 atom stereocenters. The summed E-state index contributed by atoms with van der Waals surface area (Å²) in [4.78, 5) is 17.3. The third kappa shape index (κ3) is 2.58. The van der Waals surface area contributed by atoms with E-state index in [2.05, 4.69) is 15.2 Å². The highest BCUT2D eigenvalue weighted by atomic mass is 35.5. The third-order valence-electron chi connectivity index (χ3n) is 4.71. The molecule has 0 fully saturated rings. The molecule has 2 aromatic carbocycles. The van der Waals surface area contributed by atoms with Crippen LogP contribution in [0.4, 0.5) is 4.39 Å². The molecule has 136 valence electrons. The molecule has 0 aliphatic rings. The first-order valence-corrected chi connectivity index (χ1v) is 8.89. The van der Waals surface area contributed by atoms with Crippen LogP contribution in [0.15, 0.2) is 71.9 Å². The van der Waals surface area contributed by atoms with Crippen LogP contribution >= 0.6 is 11.6 Å².